The van der Waals surface area contributed by atoms with E-state index in [1.54, 1.807) is 12.5 Å². The van der Waals surface area contributed by atoms with E-state index in [-0.39, 0.29) is 5.91 Å². The normalized spacial score (nSPS) is 10.4. The van der Waals surface area contributed by atoms with Crippen molar-refractivity contribution in [3.63, 3.8) is 0 Å². The van der Waals surface area contributed by atoms with E-state index in [4.69, 9.17) is 0 Å². The van der Waals surface area contributed by atoms with Gasteiger partial charge >= 0.3 is 0 Å². The number of carbonyl (C=O) groups excluding carboxylic acids is 1. The lowest BCUT2D eigenvalue weighted by atomic mass is 10.1. The molecule has 0 spiro atoms. The Kier molecular flexibility index (Phi) is 3.60. The first-order valence-electron chi connectivity index (χ1n) is 6.22. The fraction of sp³-hybridized carbons (Fsp3) is 0.0667. The third-order valence-electron chi connectivity index (χ3n) is 2.96. The van der Waals surface area contributed by atoms with Crippen molar-refractivity contribution in [2.24, 2.45) is 0 Å². The molecule has 3 rings (SSSR count). The second kappa shape index (κ2) is 5.71. The quantitative estimate of drug-likeness (QED) is 0.800. The summed E-state index contributed by atoms with van der Waals surface area (Å²) in [6.45, 7) is 0.491. The van der Waals surface area contributed by atoms with Gasteiger partial charge in [-0.3, -0.25) is 4.79 Å². The van der Waals surface area contributed by atoms with Crippen molar-refractivity contribution >= 4 is 17.2 Å². The number of nitrogens with one attached hydrogen (secondary N) is 1. The van der Waals surface area contributed by atoms with Gasteiger partial charge < -0.3 is 9.88 Å². The number of hydrogen-bond donors (Lipinski definition) is 1. The average molecular weight is 283 g/mol. The van der Waals surface area contributed by atoms with Crippen molar-refractivity contribution in [3.8, 4) is 5.69 Å². The summed E-state index contributed by atoms with van der Waals surface area (Å²) in [7, 11) is 0. The fourth-order valence-electron chi connectivity index (χ4n) is 1.98. The summed E-state index contributed by atoms with van der Waals surface area (Å²) in [6, 6.07) is 11.6. The summed E-state index contributed by atoms with van der Waals surface area (Å²) >= 11 is 1.44. The van der Waals surface area contributed by atoms with Crippen LogP contribution < -0.4 is 5.32 Å². The third kappa shape index (κ3) is 2.62. The molecule has 0 aliphatic carbocycles. The average Bonchev–Trinajstić information content (AvgIpc) is 3.17. The maximum absolute atomic E-state index is 12.0. The molecule has 0 aliphatic heterocycles. The van der Waals surface area contributed by atoms with Crippen molar-refractivity contribution in [2.75, 3.05) is 0 Å². The molecule has 0 aliphatic rings. The highest BCUT2D eigenvalue weighted by molar-refractivity contribution is 7.12. The van der Waals surface area contributed by atoms with Gasteiger partial charge in [0.25, 0.3) is 5.91 Å². The van der Waals surface area contributed by atoms with E-state index >= 15 is 0 Å². The van der Waals surface area contributed by atoms with Gasteiger partial charge in [-0.1, -0.05) is 24.3 Å². The highest BCUT2D eigenvalue weighted by atomic mass is 32.1. The van der Waals surface area contributed by atoms with E-state index in [0.29, 0.717) is 6.54 Å². The van der Waals surface area contributed by atoms with Gasteiger partial charge in [-0.05, 0) is 23.1 Å². The van der Waals surface area contributed by atoms with Crippen LogP contribution in [0.15, 0.2) is 60.5 Å². The van der Waals surface area contributed by atoms with Crippen LogP contribution in [0.1, 0.15) is 15.2 Å². The first-order chi connectivity index (χ1) is 9.84. The summed E-state index contributed by atoms with van der Waals surface area (Å²) in [5.41, 5.74) is 2.08. The van der Waals surface area contributed by atoms with E-state index < -0.39 is 0 Å². The molecule has 4 nitrogen and oxygen atoms in total. The Hall–Kier alpha value is -2.40. The van der Waals surface area contributed by atoms with Crippen molar-refractivity contribution in [1.82, 2.24) is 14.9 Å². The van der Waals surface area contributed by atoms with E-state index in [0.717, 1.165) is 16.1 Å². The van der Waals surface area contributed by atoms with Gasteiger partial charge in [-0.25, -0.2) is 4.98 Å². The predicted octanol–water partition coefficient (Wildman–Crippen LogP) is 2.86. The number of hydrogen-bond acceptors (Lipinski definition) is 3. The summed E-state index contributed by atoms with van der Waals surface area (Å²) in [6.07, 6.45) is 5.38. The van der Waals surface area contributed by atoms with Crippen LogP contribution in [0.5, 0.6) is 0 Å². The first-order valence-corrected chi connectivity index (χ1v) is 7.10. The van der Waals surface area contributed by atoms with Crippen LogP contribution in [0.2, 0.25) is 0 Å². The lowest BCUT2D eigenvalue weighted by Crippen LogP contribution is -2.22. The van der Waals surface area contributed by atoms with Crippen LogP contribution >= 0.6 is 11.3 Å². The number of carbonyl (C=O) groups is 1. The van der Waals surface area contributed by atoms with Crippen molar-refractivity contribution < 1.29 is 4.79 Å². The van der Waals surface area contributed by atoms with E-state index in [2.05, 4.69) is 10.3 Å². The number of aromatic nitrogens is 2. The molecule has 0 saturated carbocycles. The topological polar surface area (TPSA) is 46.9 Å². The molecule has 0 saturated heterocycles. The van der Waals surface area contributed by atoms with Gasteiger partial charge in [-0.2, -0.15) is 0 Å². The number of benzene rings is 1. The SMILES string of the molecule is O=C(NCc1ccccc1-n1ccnc1)c1cccs1. The molecule has 2 heterocycles. The highest BCUT2D eigenvalue weighted by Gasteiger charge is 2.08. The zero-order valence-electron chi connectivity index (χ0n) is 10.7. The monoisotopic (exact) mass is 283 g/mol. The number of nitrogens with zero attached hydrogens (tertiary/aromatic N) is 2. The molecule has 0 atom stereocenters. The zero-order valence-corrected chi connectivity index (χ0v) is 11.5. The second-order valence-electron chi connectivity index (χ2n) is 4.26. The van der Waals surface area contributed by atoms with Gasteiger partial charge in [0.1, 0.15) is 0 Å². The van der Waals surface area contributed by atoms with Crippen LogP contribution in [0.4, 0.5) is 0 Å². The Morgan fingerprint density at radius 1 is 1.25 bits per heavy atom. The van der Waals surface area contributed by atoms with Crippen LogP contribution in [0, 0.1) is 0 Å². The molecule has 0 radical (unpaired) electrons. The molecule has 100 valence electrons. The maximum Gasteiger partial charge on any atom is 0.261 e. The van der Waals surface area contributed by atoms with E-state index in [1.807, 2.05) is 52.5 Å². The number of thiophene rings is 1. The molecule has 0 fully saturated rings. The molecule has 1 N–H and O–H groups in total. The smallest absolute Gasteiger partial charge is 0.261 e. The molecule has 20 heavy (non-hydrogen) atoms. The minimum Gasteiger partial charge on any atom is -0.347 e. The van der Waals surface area contributed by atoms with Crippen LogP contribution in [0.25, 0.3) is 5.69 Å². The van der Waals surface area contributed by atoms with E-state index in [9.17, 15) is 4.79 Å². The molecule has 2 aromatic heterocycles. The minimum absolute atomic E-state index is 0.0413. The van der Waals surface area contributed by atoms with Crippen LogP contribution in [-0.4, -0.2) is 15.5 Å². The standard InChI is InChI=1S/C15H13N3OS/c19-15(14-6-3-9-20-14)17-10-12-4-1-2-5-13(12)18-8-7-16-11-18/h1-9,11H,10H2,(H,17,19). The van der Waals surface area contributed by atoms with Gasteiger partial charge in [-0.15, -0.1) is 11.3 Å². The molecule has 0 bridgehead atoms. The summed E-state index contributed by atoms with van der Waals surface area (Å²) in [5.74, 6) is -0.0413. The fourth-order valence-corrected chi connectivity index (χ4v) is 2.62. The molecule has 1 amide bonds. The van der Waals surface area contributed by atoms with Crippen molar-refractivity contribution in [1.29, 1.82) is 0 Å². The lowest BCUT2D eigenvalue weighted by molar-refractivity contribution is 0.0955. The summed E-state index contributed by atoms with van der Waals surface area (Å²) < 4.78 is 1.94. The summed E-state index contributed by atoms with van der Waals surface area (Å²) in [5, 5.41) is 4.84. The Morgan fingerprint density at radius 2 is 2.15 bits per heavy atom. The first kappa shape index (κ1) is 12.6. The lowest BCUT2D eigenvalue weighted by Gasteiger charge is -2.10. The predicted molar refractivity (Wildman–Crippen MR) is 79.1 cm³/mol. The largest absolute Gasteiger partial charge is 0.347 e. The molecular weight excluding hydrogens is 270 g/mol. The Morgan fingerprint density at radius 3 is 2.90 bits per heavy atom. The van der Waals surface area contributed by atoms with Crippen molar-refractivity contribution in [3.05, 3.63) is 70.9 Å². The van der Waals surface area contributed by atoms with Crippen LogP contribution in [-0.2, 0) is 6.54 Å². The Balaban J connectivity index is 1.77. The summed E-state index contributed by atoms with van der Waals surface area (Å²) in [4.78, 5) is 16.7. The number of imidazole rings is 1. The molecule has 1 aromatic carbocycles. The highest BCUT2D eigenvalue weighted by Crippen LogP contribution is 2.14. The Bertz CT molecular complexity index is 690. The molecule has 3 aromatic rings. The van der Waals surface area contributed by atoms with E-state index in [1.165, 1.54) is 11.3 Å². The number of rotatable bonds is 4. The van der Waals surface area contributed by atoms with Crippen molar-refractivity contribution in [2.45, 2.75) is 6.54 Å². The molecule has 0 unspecified atom stereocenters. The van der Waals surface area contributed by atoms with Gasteiger partial charge in [0.05, 0.1) is 16.9 Å². The van der Waals surface area contributed by atoms with Gasteiger partial charge in [0, 0.05) is 18.9 Å². The number of amides is 1. The number of para-hydroxylation sites is 1. The second-order valence-corrected chi connectivity index (χ2v) is 5.21. The Labute approximate surface area is 120 Å². The molecule has 5 heteroatoms. The van der Waals surface area contributed by atoms with Gasteiger partial charge in [0.15, 0.2) is 0 Å². The maximum atomic E-state index is 12.0. The van der Waals surface area contributed by atoms with Gasteiger partial charge in [0.2, 0.25) is 0 Å². The third-order valence-corrected chi connectivity index (χ3v) is 3.83. The van der Waals surface area contributed by atoms with Crippen LogP contribution in [0.3, 0.4) is 0 Å². The molecular formula is C15H13N3OS. The zero-order chi connectivity index (χ0) is 13.8. The minimum atomic E-state index is -0.0413.